The molecule has 2 aliphatic rings. The van der Waals surface area contributed by atoms with Gasteiger partial charge in [0, 0.05) is 12.5 Å². The van der Waals surface area contributed by atoms with E-state index in [1.54, 1.807) is 18.2 Å². The van der Waals surface area contributed by atoms with Crippen molar-refractivity contribution in [1.82, 2.24) is 5.32 Å². The number of nitrogens with two attached hydrogens (primary N) is 2. The van der Waals surface area contributed by atoms with Crippen molar-refractivity contribution in [2.24, 2.45) is 22.4 Å². The van der Waals surface area contributed by atoms with Gasteiger partial charge in [0.2, 0.25) is 0 Å². The van der Waals surface area contributed by atoms with Crippen molar-refractivity contribution in [2.75, 3.05) is 0 Å². The molecule has 9 heteroatoms. The average molecular weight is 503 g/mol. The van der Waals surface area contributed by atoms with E-state index in [-0.39, 0.29) is 12.1 Å². The molecular weight excluding hydrogens is 460 g/mol. The monoisotopic (exact) mass is 502 g/mol. The number of nitrogens with zero attached hydrogens (tertiary/aromatic N) is 1. The molecule has 0 bridgehead atoms. The lowest BCUT2D eigenvalue weighted by molar-refractivity contribution is -0.159. The summed E-state index contributed by atoms with van der Waals surface area (Å²) in [5.41, 5.74) is 11.8. The number of hydrogen-bond donors (Lipinski definition) is 3. The number of benzene rings is 1. The second-order valence-electron chi connectivity index (χ2n) is 11.3. The summed E-state index contributed by atoms with van der Waals surface area (Å²) in [7, 11) is 0. The number of hydrogen-bond acceptors (Lipinski definition) is 8. The minimum absolute atomic E-state index is 0.210. The van der Waals surface area contributed by atoms with Gasteiger partial charge in [0.25, 0.3) is 0 Å². The smallest absolute Gasteiger partial charge is 0.407 e. The zero-order valence-corrected chi connectivity index (χ0v) is 22.4. The van der Waals surface area contributed by atoms with Crippen molar-refractivity contribution >= 4 is 23.6 Å². The van der Waals surface area contributed by atoms with Crippen LogP contribution in [0, 0.1) is 5.92 Å². The Bertz CT molecular complexity index is 986. The molecule has 9 nitrogen and oxygen atoms in total. The molecule has 0 saturated heterocycles. The molecule has 0 spiro atoms. The van der Waals surface area contributed by atoms with Crippen molar-refractivity contribution < 1.29 is 23.8 Å². The predicted octanol–water partition coefficient (Wildman–Crippen LogP) is 4.64. The van der Waals surface area contributed by atoms with Gasteiger partial charge in [-0.3, -0.25) is 0 Å². The maximum atomic E-state index is 13.0. The lowest BCUT2D eigenvalue weighted by Gasteiger charge is -2.32. The van der Waals surface area contributed by atoms with E-state index < -0.39 is 29.3 Å². The van der Waals surface area contributed by atoms with Crippen LogP contribution in [0.2, 0.25) is 0 Å². The first-order chi connectivity index (χ1) is 16.8. The number of esters is 1. The van der Waals surface area contributed by atoms with Crippen LogP contribution < -0.4 is 21.5 Å². The molecule has 200 valence electrons. The number of rotatable bonds is 11. The van der Waals surface area contributed by atoms with Crippen LogP contribution in [0.1, 0.15) is 91.7 Å². The van der Waals surface area contributed by atoms with E-state index in [1.165, 1.54) is 12.8 Å². The van der Waals surface area contributed by atoms with Crippen LogP contribution in [0.4, 0.5) is 10.5 Å². The highest BCUT2D eigenvalue weighted by molar-refractivity contribution is 5.90. The highest BCUT2D eigenvalue weighted by Crippen LogP contribution is 2.38. The SMILES string of the molecule is CCCC(CC(C)(C)OC(=O)C(N)c1ccc2c(c1)N=C(N)C(C)O2)NC(=O)OC(C)(C)CC1CC1. The molecule has 1 amide bonds. The Kier molecular flexibility index (Phi) is 8.54. The molecule has 1 fully saturated rings. The van der Waals surface area contributed by atoms with E-state index in [9.17, 15) is 9.59 Å². The first-order valence-corrected chi connectivity index (χ1v) is 12.9. The van der Waals surface area contributed by atoms with Gasteiger partial charge in [-0.15, -0.1) is 0 Å². The summed E-state index contributed by atoms with van der Waals surface area (Å²) in [6.07, 6.45) is 4.53. The van der Waals surface area contributed by atoms with Crippen LogP contribution >= 0.6 is 0 Å². The van der Waals surface area contributed by atoms with Gasteiger partial charge in [0.15, 0.2) is 6.10 Å². The van der Waals surface area contributed by atoms with Crippen LogP contribution in [0.3, 0.4) is 0 Å². The minimum atomic E-state index is -1.00. The second kappa shape index (κ2) is 11.1. The Morgan fingerprint density at radius 1 is 1.19 bits per heavy atom. The summed E-state index contributed by atoms with van der Waals surface area (Å²) in [6.45, 7) is 11.4. The minimum Gasteiger partial charge on any atom is -0.481 e. The van der Waals surface area contributed by atoms with E-state index in [0.717, 1.165) is 19.3 Å². The topological polar surface area (TPSA) is 138 Å². The summed E-state index contributed by atoms with van der Waals surface area (Å²) < 4.78 is 17.2. The average Bonchev–Trinajstić information content (AvgIpc) is 3.55. The van der Waals surface area contributed by atoms with Gasteiger partial charge in [-0.05, 0) is 71.1 Å². The van der Waals surface area contributed by atoms with E-state index in [2.05, 4.69) is 10.3 Å². The molecule has 1 saturated carbocycles. The molecule has 5 N–H and O–H groups in total. The Morgan fingerprint density at radius 3 is 2.53 bits per heavy atom. The largest absolute Gasteiger partial charge is 0.481 e. The fourth-order valence-electron chi connectivity index (χ4n) is 4.58. The maximum Gasteiger partial charge on any atom is 0.407 e. The van der Waals surface area contributed by atoms with Gasteiger partial charge in [-0.2, -0.15) is 0 Å². The predicted molar refractivity (Wildman–Crippen MR) is 139 cm³/mol. The molecule has 36 heavy (non-hydrogen) atoms. The zero-order chi connectivity index (χ0) is 26.7. The molecule has 1 heterocycles. The summed E-state index contributed by atoms with van der Waals surface area (Å²) >= 11 is 0. The number of amides is 1. The molecule has 3 unspecified atom stereocenters. The number of ether oxygens (including phenoxy) is 3. The first-order valence-electron chi connectivity index (χ1n) is 12.9. The molecule has 1 aromatic rings. The molecule has 1 aliphatic carbocycles. The van der Waals surface area contributed by atoms with Gasteiger partial charge in [0.1, 0.15) is 34.5 Å². The Morgan fingerprint density at radius 2 is 1.89 bits per heavy atom. The Balaban J connectivity index is 1.59. The van der Waals surface area contributed by atoms with E-state index in [4.69, 9.17) is 25.7 Å². The van der Waals surface area contributed by atoms with Crippen molar-refractivity contribution in [2.45, 2.75) is 109 Å². The van der Waals surface area contributed by atoms with Gasteiger partial charge in [0.05, 0.1) is 0 Å². The number of alkyl carbamates (subject to hydrolysis) is 1. The molecular formula is C27H42N4O5. The van der Waals surface area contributed by atoms with E-state index in [1.807, 2.05) is 41.5 Å². The third-order valence-electron chi connectivity index (χ3n) is 6.49. The molecule has 1 aromatic carbocycles. The molecule has 3 atom stereocenters. The lowest BCUT2D eigenvalue weighted by Crippen LogP contribution is -2.45. The zero-order valence-electron chi connectivity index (χ0n) is 22.4. The van der Waals surface area contributed by atoms with Crippen LogP contribution in [0.25, 0.3) is 0 Å². The Labute approximate surface area is 214 Å². The van der Waals surface area contributed by atoms with E-state index >= 15 is 0 Å². The van der Waals surface area contributed by atoms with Crippen molar-refractivity contribution in [3.8, 4) is 5.75 Å². The van der Waals surface area contributed by atoms with Crippen molar-refractivity contribution in [3.63, 3.8) is 0 Å². The second-order valence-corrected chi connectivity index (χ2v) is 11.3. The normalized spacial score (nSPS) is 19.3. The van der Waals surface area contributed by atoms with Crippen LogP contribution in [-0.4, -0.2) is 41.2 Å². The fraction of sp³-hybridized carbons (Fsp3) is 0.667. The fourth-order valence-corrected chi connectivity index (χ4v) is 4.58. The third kappa shape index (κ3) is 7.85. The third-order valence-corrected chi connectivity index (χ3v) is 6.49. The highest BCUT2D eigenvalue weighted by atomic mass is 16.6. The van der Waals surface area contributed by atoms with Crippen LogP contribution in [0.5, 0.6) is 5.75 Å². The number of carbonyl (C=O) groups is 2. The molecule has 0 radical (unpaired) electrons. The Hall–Kier alpha value is -2.81. The first kappa shape index (κ1) is 27.8. The quantitative estimate of drug-likeness (QED) is 0.375. The molecule has 0 aromatic heterocycles. The molecule has 1 aliphatic heterocycles. The summed E-state index contributed by atoms with van der Waals surface area (Å²) in [6, 6.07) is 3.93. The maximum absolute atomic E-state index is 13.0. The van der Waals surface area contributed by atoms with E-state index in [0.29, 0.717) is 35.2 Å². The number of aliphatic imine (C=N–C) groups is 1. The number of amidine groups is 1. The van der Waals surface area contributed by atoms with Crippen molar-refractivity contribution in [3.05, 3.63) is 23.8 Å². The van der Waals surface area contributed by atoms with Gasteiger partial charge in [-0.25, -0.2) is 14.6 Å². The molecule has 3 rings (SSSR count). The highest BCUT2D eigenvalue weighted by Gasteiger charge is 2.35. The van der Waals surface area contributed by atoms with Crippen LogP contribution in [-0.2, 0) is 14.3 Å². The van der Waals surface area contributed by atoms with Gasteiger partial charge >= 0.3 is 12.1 Å². The van der Waals surface area contributed by atoms with Gasteiger partial charge < -0.3 is 31.0 Å². The summed E-state index contributed by atoms with van der Waals surface area (Å²) in [5.74, 6) is 1.03. The van der Waals surface area contributed by atoms with Gasteiger partial charge in [-0.1, -0.05) is 32.3 Å². The standard InChI is InChI=1S/C27H42N4O5/c1-7-8-19(30-25(33)36-26(3,4)14-17-9-10-17)15-27(5,6)35-24(32)22(28)18-11-12-21-20(13-18)31-23(29)16(2)34-21/h11-13,16-17,19,22H,7-10,14-15,28H2,1-6H3,(H2,29,31)(H,30,33). The number of nitrogens with one attached hydrogen (secondary N) is 1. The number of carbonyl (C=O) groups excluding carboxylic acids is 2. The number of fused-ring (bicyclic) bond motifs is 1. The summed E-state index contributed by atoms with van der Waals surface area (Å²) in [4.78, 5) is 29.9. The lowest BCUT2D eigenvalue weighted by atomic mass is 9.95. The van der Waals surface area contributed by atoms with Crippen molar-refractivity contribution in [1.29, 1.82) is 0 Å². The van der Waals surface area contributed by atoms with Crippen LogP contribution in [0.15, 0.2) is 23.2 Å². The summed E-state index contributed by atoms with van der Waals surface area (Å²) in [5, 5.41) is 2.98.